The van der Waals surface area contributed by atoms with E-state index in [0.717, 1.165) is 29.8 Å². The van der Waals surface area contributed by atoms with E-state index >= 15 is 0 Å². The molecule has 0 aliphatic carbocycles. The molecule has 0 fully saturated rings. The lowest BCUT2D eigenvalue weighted by Crippen LogP contribution is -2.28. The van der Waals surface area contributed by atoms with Crippen LogP contribution >= 0.6 is 0 Å². The van der Waals surface area contributed by atoms with Crippen LogP contribution in [-0.4, -0.2) is 31.3 Å². The van der Waals surface area contributed by atoms with Crippen molar-refractivity contribution in [3.05, 3.63) is 35.9 Å². The largest absolute Gasteiger partial charge is 0.380 e. The van der Waals surface area contributed by atoms with Crippen molar-refractivity contribution in [3.63, 3.8) is 0 Å². The lowest BCUT2D eigenvalue weighted by molar-refractivity contribution is 0.154. The second-order valence-electron chi connectivity index (χ2n) is 4.44. The number of anilines is 1. The minimum absolute atomic E-state index is 0.613. The van der Waals surface area contributed by atoms with Gasteiger partial charge in [0.15, 0.2) is 0 Å². The third-order valence-corrected chi connectivity index (χ3v) is 3.22. The van der Waals surface area contributed by atoms with Crippen LogP contribution in [0.4, 0.5) is 5.82 Å². The molecule has 20 heavy (non-hydrogen) atoms. The van der Waals surface area contributed by atoms with Crippen LogP contribution in [0, 0.1) is 11.3 Å². The van der Waals surface area contributed by atoms with Gasteiger partial charge in [0.25, 0.3) is 0 Å². The molecule has 0 N–H and O–H groups in total. The number of fused-ring (bicyclic) bond motifs is 1. The number of nitriles is 1. The second kappa shape index (κ2) is 6.88. The number of nitrogens with zero attached hydrogens (tertiary/aromatic N) is 3. The maximum Gasteiger partial charge on any atom is 0.147 e. The predicted molar refractivity (Wildman–Crippen MR) is 80.8 cm³/mol. The predicted octanol–water partition coefficient (Wildman–Crippen LogP) is 2.97. The smallest absolute Gasteiger partial charge is 0.147 e. The van der Waals surface area contributed by atoms with E-state index in [0.29, 0.717) is 18.8 Å². The fraction of sp³-hybridized carbons (Fsp3) is 0.375. The van der Waals surface area contributed by atoms with Crippen LogP contribution in [0.5, 0.6) is 0 Å². The number of aromatic nitrogens is 1. The third-order valence-electron chi connectivity index (χ3n) is 3.22. The molecule has 4 heteroatoms. The van der Waals surface area contributed by atoms with Gasteiger partial charge < -0.3 is 9.64 Å². The summed E-state index contributed by atoms with van der Waals surface area (Å²) in [7, 11) is 0. The standard InChI is InChI=1S/C16H19N3O/c1-3-19(9-10-20-4-2)16-14(12-17)11-13-7-5-6-8-15(13)18-16/h5-8,11H,3-4,9-10H2,1-2H3. The number of benzene rings is 1. The molecular formula is C16H19N3O. The number of rotatable bonds is 6. The minimum atomic E-state index is 0.613. The van der Waals surface area contributed by atoms with Gasteiger partial charge in [-0.15, -0.1) is 0 Å². The Morgan fingerprint density at radius 2 is 2.10 bits per heavy atom. The Labute approximate surface area is 119 Å². The molecule has 0 aliphatic heterocycles. The van der Waals surface area contributed by atoms with Gasteiger partial charge in [-0.1, -0.05) is 18.2 Å². The van der Waals surface area contributed by atoms with Crippen molar-refractivity contribution in [2.24, 2.45) is 0 Å². The maximum absolute atomic E-state index is 9.35. The number of pyridine rings is 1. The average Bonchev–Trinajstić information content (AvgIpc) is 2.50. The Bertz CT molecular complexity index is 619. The van der Waals surface area contributed by atoms with Gasteiger partial charge in [-0.3, -0.25) is 0 Å². The van der Waals surface area contributed by atoms with Crippen molar-refractivity contribution >= 4 is 16.7 Å². The van der Waals surface area contributed by atoms with Gasteiger partial charge in [-0.25, -0.2) is 4.98 Å². The Hall–Kier alpha value is -2.12. The first kappa shape index (κ1) is 14.3. The summed E-state index contributed by atoms with van der Waals surface area (Å²) in [5.74, 6) is 0.744. The topological polar surface area (TPSA) is 49.1 Å². The SMILES string of the molecule is CCOCCN(CC)c1nc2ccccc2cc1C#N. The zero-order valence-electron chi connectivity index (χ0n) is 12.0. The molecule has 0 saturated carbocycles. The summed E-state index contributed by atoms with van der Waals surface area (Å²) in [4.78, 5) is 6.73. The van der Waals surface area contributed by atoms with Crippen LogP contribution in [0.2, 0.25) is 0 Å². The highest BCUT2D eigenvalue weighted by atomic mass is 16.5. The zero-order chi connectivity index (χ0) is 14.4. The molecule has 0 radical (unpaired) electrons. The summed E-state index contributed by atoms with van der Waals surface area (Å²) < 4.78 is 5.40. The molecule has 1 aromatic heterocycles. The van der Waals surface area contributed by atoms with Gasteiger partial charge >= 0.3 is 0 Å². The maximum atomic E-state index is 9.35. The molecule has 0 bridgehead atoms. The van der Waals surface area contributed by atoms with Crippen LogP contribution < -0.4 is 4.90 Å². The van der Waals surface area contributed by atoms with E-state index in [4.69, 9.17) is 4.74 Å². The van der Waals surface area contributed by atoms with Crippen molar-refractivity contribution in [1.82, 2.24) is 4.98 Å². The number of likely N-dealkylation sites (N-methyl/N-ethyl adjacent to an activating group) is 1. The number of ether oxygens (including phenoxy) is 1. The van der Waals surface area contributed by atoms with Crippen molar-refractivity contribution in [2.45, 2.75) is 13.8 Å². The Kier molecular flexibility index (Phi) is 4.91. The summed E-state index contributed by atoms with van der Waals surface area (Å²) in [6.07, 6.45) is 0. The first-order chi connectivity index (χ1) is 9.80. The fourth-order valence-corrected chi connectivity index (χ4v) is 2.16. The summed E-state index contributed by atoms with van der Waals surface area (Å²) in [6.45, 7) is 6.92. The van der Waals surface area contributed by atoms with Gasteiger partial charge in [0.2, 0.25) is 0 Å². The Morgan fingerprint density at radius 1 is 1.30 bits per heavy atom. The molecular weight excluding hydrogens is 250 g/mol. The van der Waals surface area contributed by atoms with Crippen LogP contribution in [0.25, 0.3) is 10.9 Å². The van der Waals surface area contributed by atoms with Gasteiger partial charge in [-0.05, 0) is 26.0 Å². The van der Waals surface area contributed by atoms with Crippen molar-refractivity contribution in [1.29, 1.82) is 5.26 Å². The number of hydrogen-bond donors (Lipinski definition) is 0. The monoisotopic (exact) mass is 269 g/mol. The summed E-state index contributed by atoms with van der Waals surface area (Å²) in [5.41, 5.74) is 1.53. The molecule has 2 rings (SSSR count). The van der Waals surface area contributed by atoms with E-state index in [1.807, 2.05) is 37.3 Å². The lowest BCUT2D eigenvalue weighted by atomic mass is 10.1. The van der Waals surface area contributed by atoms with Crippen molar-refractivity contribution < 1.29 is 4.74 Å². The molecule has 4 nitrogen and oxygen atoms in total. The van der Waals surface area contributed by atoms with E-state index in [1.165, 1.54) is 0 Å². The van der Waals surface area contributed by atoms with E-state index < -0.39 is 0 Å². The van der Waals surface area contributed by atoms with Gasteiger partial charge in [0, 0.05) is 25.1 Å². The van der Waals surface area contributed by atoms with E-state index in [1.54, 1.807) is 0 Å². The normalized spacial score (nSPS) is 10.4. The summed E-state index contributed by atoms with van der Waals surface area (Å²) in [6, 6.07) is 12.0. The first-order valence-corrected chi connectivity index (χ1v) is 6.92. The molecule has 0 unspecified atom stereocenters. The molecule has 0 spiro atoms. The van der Waals surface area contributed by atoms with Crippen LogP contribution in [0.1, 0.15) is 19.4 Å². The first-order valence-electron chi connectivity index (χ1n) is 6.92. The summed E-state index contributed by atoms with van der Waals surface area (Å²) in [5, 5.41) is 10.3. The van der Waals surface area contributed by atoms with Crippen LogP contribution in [-0.2, 0) is 4.74 Å². The molecule has 1 heterocycles. The highest BCUT2D eigenvalue weighted by Crippen LogP contribution is 2.22. The van der Waals surface area contributed by atoms with Gasteiger partial charge in [-0.2, -0.15) is 5.26 Å². The van der Waals surface area contributed by atoms with Crippen molar-refractivity contribution in [2.75, 3.05) is 31.2 Å². The van der Waals surface area contributed by atoms with Gasteiger partial charge in [0.1, 0.15) is 11.9 Å². The fourth-order valence-electron chi connectivity index (χ4n) is 2.16. The summed E-state index contributed by atoms with van der Waals surface area (Å²) >= 11 is 0. The Balaban J connectivity index is 2.37. The number of hydrogen-bond acceptors (Lipinski definition) is 4. The van der Waals surface area contributed by atoms with Crippen LogP contribution in [0.15, 0.2) is 30.3 Å². The van der Waals surface area contributed by atoms with E-state index in [2.05, 4.69) is 22.9 Å². The Morgan fingerprint density at radius 3 is 2.80 bits per heavy atom. The quantitative estimate of drug-likeness (QED) is 0.756. The lowest BCUT2D eigenvalue weighted by Gasteiger charge is -2.23. The average molecular weight is 269 g/mol. The molecule has 2 aromatic rings. The second-order valence-corrected chi connectivity index (χ2v) is 4.44. The minimum Gasteiger partial charge on any atom is -0.380 e. The van der Waals surface area contributed by atoms with E-state index in [9.17, 15) is 5.26 Å². The molecule has 1 aromatic carbocycles. The molecule has 0 saturated heterocycles. The van der Waals surface area contributed by atoms with Gasteiger partial charge in [0.05, 0.1) is 17.7 Å². The highest BCUT2D eigenvalue weighted by molar-refractivity contribution is 5.83. The molecule has 0 atom stereocenters. The van der Waals surface area contributed by atoms with E-state index in [-0.39, 0.29) is 0 Å². The van der Waals surface area contributed by atoms with Crippen LogP contribution in [0.3, 0.4) is 0 Å². The van der Waals surface area contributed by atoms with Crippen molar-refractivity contribution in [3.8, 4) is 6.07 Å². The zero-order valence-corrected chi connectivity index (χ0v) is 12.0. The third kappa shape index (κ3) is 3.06. The molecule has 104 valence electrons. The molecule has 0 aliphatic rings. The highest BCUT2D eigenvalue weighted by Gasteiger charge is 2.12. The number of para-hydroxylation sites is 1. The molecule has 0 amide bonds.